The van der Waals surface area contributed by atoms with Crippen LogP contribution in [0.5, 0.6) is 5.75 Å². The molecule has 0 spiro atoms. The molecule has 27 heavy (non-hydrogen) atoms. The number of likely N-dealkylation sites (tertiary alicyclic amines) is 1. The predicted molar refractivity (Wildman–Crippen MR) is 106 cm³/mol. The van der Waals surface area contributed by atoms with Crippen molar-refractivity contribution in [2.24, 2.45) is 0 Å². The fourth-order valence-electron chi connectivity index (χ4n) is 3.21. The van der Waals surface area contributed by atoms with Crippen molar-refractivity contribution in [1.29, 1.82) is 0 Å². The lowest BCUT2D eigenvalue weighted by Crippen LogP contribution is -2.30. The normalized spacial score (nSPS) is 18.9. The first-order valence-corrected chi connectivity index (χ1v) is 9.56. The Hall–Kier alpha value is -2.60. The molecule has 2 aromatic carbocycles. The second kappa shape index (κ2) is 7.96. The minimum atomic E-state index is -0.690. The van der Waals surface area contributed by atoms with Gasteiger partial charge in [-0.3, -0.25) is 9.59 Å². The number of hydrogen-bond acceptors (Lipinski definition) is 4. The van der Waals surface area contributed by atoms with Crippen molar-refractivity contribution in [3.8, 4) is 5.75 Å². The van der Waals surface area contributed by atoms with E-state index < -0.39 is 17.7 Å². The summed E-state index contributed by atoms with van der Waals surface area (Å²) in [6.45, 7) is 2.43. The van der Waals surface area contributed by atoms with E-state index in [0.717, 1.165) is 17.3 Å². The molecule has 0 aliphatic carbocycles. The number of halogens is 1. The number of aliphatic hydroxyl groups excluding tert-OH is 1. The van der Waals surface area contributed by atoms with Gasteiger partial charge in [0, 0.05) is 16.6 Å². The largest absolute Gasteiger partial charge is 0.508 e. The molecular weight excluding hydrogens is 410 g/mol. The van der Waals surface area contributed by atoms with Crippen LogP contribution in [-0.4, -0.2) is 33.3 Å². The number of aromatic hydroxyl groups is 1. The third kappa shape index (κ3) is 3.76. The lowest BCUT2D eigenvalue weighted by Gasteiger charge is -2.25. The molecule has 1 amide bonds. The second-order valence-corrected chi connectivity index (χ2v) is 7.36. The lowest BCUT2D eigenvalue weighted by molar-refractivity contribution is -0.139. The SMILES string of the molecule is CCCCN1C(=O)C(=O)/C(=C(\O)c2ccc(Br)cc2)C1c1ccc(O)cc1. The zero-order valence-corrected chi connectivity index (χ0v) is 16.4. The zero-order valence-electron chi connectivity index (χ0n) is 14.9. The summed E-state index contributed by atoms with van der Waals surface area (Å²) in [6.07, 6.45) is 1.62. The van der Waals surface area contributed by atoms with E-state index in [1.165, 1.54) is 17.0 Å². The van der Waals surface area contributed by atoms with Crippen LogP contribution in [0.3, 0.4) is 0 Å². The third-order valence-electron chi connectivity index (χ3n) is 4.62. The molecule has 2 aromatic rings. The van der Waals surface area contributed by atoms with E-state index in [1.807, 2.05) is 6.92 Å². The van der Waals surface area contributed by atoms with E-state index in [0.29, 0.717) is 17.7 Å². The summed E-state index contributed by atoms with van der Waals surface area (Å²) in [5.74, 6) is -1.40. The number of ketones is 1. The fourth-order valence-corrected chi connectivity index (χ4v) is 3.47. The Morgan fingerprint density at radius 1 is 1.07 bits per heavy atom. The van der Waals surface area contributed by atoms with Gasteiger partial charge in [-0.2, -0.15) is 0 Å². The van der Waals surface area contributed by atoms with Crippen LogP contribution >= 0.6 is 15.9 Å². The monoisotopic (exact) mass is 429 g/mol. The summed E-state index contributed by atoms with van der Waals surface area (Å²) in [5.41, 5.74) is 1.21. The van der Waals surface area contributed by atoms with Crippen LogP contribution in [0.15, 0.2) is 58.6 Å². The van der Waals surface area contributed by atoms with Gasteiger partial charge in [0.2, 0.25) is 0 Å². The van der Waals surface area contributed by atoms with Crippen LogP contribution in [0.1, 0.15) is 36.9 Å². The molecular formula is C21H20BrNO4. The Morgan fingerprint density at radius 2 is 1.70 bits per heavy atom. The van der Waals surface area contributed by atoms with Gasteiger partial charge in [0.25, 0.3) is 11.7 Å². The van der Waals surface area contributed by atoms with Crippen molar-refractivity contribution < 1.29 is 19.8 Å². The highest BCUT2D eigenvalue weighted by molar-refractivity contribution is 9.10. The van der Waals surface area contributed by atoms with Crippen molar-refractivity contribution in [3.63, 3.8) is 0 Å². The number of benzene rings is 2. The predicted octanol–water partition coefficient (Wildman–Crippen LogP) is 4.38. The van der Waals surface area contributed by atoms with Crippen LogP contribution in [-0.2, 0) is 9.59 Å². The average molecular weight is 430 g/mol. The first-order valence-electron chi connectivity index (χ1n) is 8.77. The molecule has 1 fully saturated rings. The molecule has 1 aliphatic heterocycles. The van der Waals surface area contributed by atoms with E-state index in [-0.39, 0.29) is 17.1 Å². The van der Waals surface area contributed by atoms with Crippen molar-refractivity contribution in [3.05, 3.63) is 69.7 Å². The molecule has 1 heterocycles. The quantitative estimate of drug-likeness (QED) is 0.420. The molecule has 0 saturated carbocycles. The number of Topliss-reactive ketones (excluding diaryl/α,β-unsaturated/α-hetero) is 1. The first kappa shape index (κ1) is 19.2. The highest BCUT2D eigenvalue weighted by Crippen LogP contribution is 2.40. The molecule has 6 heteroatoms. The molecule has 3 rings (SSSR count). The zero-order chi connectivity index (χ0) is 19.6. The molecule has 2 N–H and O–H groups in total. The highest BCUT2D eigenvalue weighted by atomic mass is 79.9. The maximum absolute atomic E-state index is 12.7. The van der Waals surface area contributed by atoms with Gasteiger partial charge in [-0.15, -0.1) is 0 Å². The number of nitrogens with zero attached hydrogens (tertiary/aromatic N) is 1. The summed E-state index contributed by atoms with van der Waals surface area (Å²) in [5, 5.41) is 20.4. The van der Waals surface area contributed by atoms with Crippen molar-refractivity contribution in [2.45, 2.75) is 25.8 Å². The van der Waals surface area contributed by atoms with Gasteiger partial charge in [0.1, 0.15) is 11.5 Å². The van der Waals surface area contributed by atoms with Crippen molar-refractivity contribution in [1.82, 2.24) is 4.90 Å². The Morgan fingerprint density at radius 3 is 2.30 bits per heavy atom. The molecule has 0 bridgehead atoms. The molecule has 5 nitrogen and oxygen atoms in total. The van der Waals surface area contributed by atoms with Gasteiger partial charge < -0.3 is 15.1 Å². The van der Waals surface area contributed by atoms with Gasteiger partial charge >= 0.3 is 0 Å². The summed E-state index contributed by atoms with van der Waals surface area (Å²) < 4.78 is 0.845. The van der Waals surface area contributed by atoms with E-state index >= 15 is 0 Å². The summed E-state index contributed by atoms with van der Waals surface area (Å²) in [6, 6.07) is 12.6. The number of unbranched alkanes of at least 4 members (excludes halogenated alkanes) is 1. The van der Waals surface area contributed by atoms with Gasteiger partial charge in [-0.1, -0.05) is 53.5 Å². The topological polar surface area (TPSA) is 77.8 Å². The van der Waals surface area contributed by atoms with Crippen LogP contribution in [0.25, 0.3) is 5.76 Å². The van der Waals surface area contributed by atoms with E-state index in [1.54, 1.807) is 36.4 Å². The number of hydrogen-bond donors (Lipinski definition) is 2. The van der Waals surface area contributed by atoms with E-state index in [2.05, 4.69) is 15.9 Å². The van der Waals surface area contributed by atoms with Crippen LogP contribution in [0.2, 0.25) is 0 Å². The molecule has 1 unspecified atom stereocenters. The molecule has 0 radical (unpaired) electrons. The summed E-state index contributed by atoms with van der Waals surface area (Å²) in [7, 11) is 0. The number of carbonyl (C=O) groups excluding carboxylic acids is 2. The van der Waals surface area contributed by atoms with Crippen LogP contribution in [0.4, 0.5) is 0 Å². The first-order chi connectivity index (χ1) is 12.9. The smallest absolute Gasteiger partial charge is 0.295 e. The Balaban J connectivity index is 2.14. The van der Waals surface area contributed by atoms with Crippen molar-refractivity contribution in [2.75, 3.05) is 6.54 Å². The van der Waals surface area contributed by atoms with E-state index in [4.69, 9.17) is 0 Å². The maximum Gasteiger partial charge on any atom is 0.295 e. The van der Waals surface area contributed by atoms with Gasteiger partial charge in [0.15, 0.2) is 0 Å². The van der Waals surface area contributed by atoms with Crippen LogP contribution < -0.4 is 0 Å². The average Bonchev–Trinajstić information content (AvgIpc) is 2.91. The van der Waals surface area contributed by atoms with Gasteiger partial charge in [-0.25, -0.2) is 0 Å². The Bertz CT molecular complexity index is 887. The van der Waals surface area contributed by atoms with Gasteiger partial charge in [0.05, 0.1) is 11.6 Å². The molecule has 1 saturated heterocycles. The summed E-state index contributed by atoms with van der Waals surface area (Å²) >= 11 is 3.34. The minimum absolute atomic E-state index is 0.0733. The number of carbonyl (C=O) groups is 2. The van der Waals surface area contributed by atoms with E-state index in [9.17, 15) is 19.8 Å². The number of amides is 1. The summed E-state index contributed by atoms with van der Waals surface area (Å²) in [4.78, 5) is 26.9. The Labute approximate surface area is 166 Å². The number of phenols is 1. The molecule has 1 atom stereocenters. The minimum Gasteiger partial charge on any atom is -0.508 e. The lowest BCUT2D eigenvalue weighted by atomic mass is 9.95. The molecule has 140 valence electrons. The standard InChI is InChI=1S/C21H20BrNO4/c1-2-3-12-23-18(13-6-10-16(24)11-7-13)17(20(26)21(23)27)19(25)14-4-8-15(22)9-5-14/h4-11,18,24-25H,2-3,12H2,1H3/b19-17-. The fraction of sp³-hybridized carbons (Fsp3) is 0.238. The number of aliphatic hydroxyl groups is 1. The van der Waals surface area contributed by atoms with Crippen LogP contribution in [0, 0.1) is 0 Å². The Kier molecular flexibility index (Phi) is 5.65. The molecule has 1 aliphatic rings. The second-order valence-electron chi connectivity index (χ2n) is 6.44. The van der Waals surface area contributed by atoms with Gasteiger partial charge in [-0.05, 0) is 36.2 Å². The number of phenolic OH excluding ortho intramolecular Hbond substituents is 1. The third-order valence-corrected chi connectivity index (χ3v) is 5.15. The highest BCUT2D eigenvalue weighted by Gasteiger charge is 2.45. The van der Waals surface area contributed by atoms with Crippen molar-refractivity contribution >= 4 is 33.4 Å². The molecule has 0 aromatic heterocycles. The maximum atomic E-state index is 12.7. The number of rotatable bonds is 5.